The fourth-order valence-electron chi connectivity index (χ4n) is 2.65. The average molecular weight is 446 g/mol. The van der Waals surface area contributed by atoms with Crippen LogP contribution in [-0.4, -0.2) is 43.2 Å². The lowest BCUT2D eigenvalue weighted by Crippen LogP contribution is -2.14. The maximum atomic E-state index is 12.3. The van der Waals surface area contributed by atoms with Crippen molar-refractivity contribution in [1.82, 2.24) is 10.2 Å². The van der Waals surface area contributed by atoms with Crippen LogP contribution in [0.25, 0.3) is 11.3 Å². The number of rotatable bonds is 8. The van der Waals surface area contributed by atoms with E-state index >= 15 is 0 Å². The number of carbonyl (C=O) groups is 1. The molecule has 0 aliphatic carbocycles. The van der Waals surface area contributed by atoms with E-state index < -0.39 is 0 Å². The van der Waals surface area contributed by atoms with E-state index in [9.17, 15) is 4.79 Å². The van der Waals surface area contributed by atoms with Crippen LogP contribution in [0.15, 0.2) is 53.6 Å². The Hall–Kier alpha value is -2.97. The van der Waals surface area contributed by atoms with Crippen molar-refractivity contribution in [3.63, 3.8) is 0 Å². The fraction of sp³-hybridized carbons (Fsp3) is 0.190. The van der Waals surface area contributed by atoms with Gasteiger partial charge in [-0.05, 0) is 48.5 Å². The summed E-state index contributed by atoms with van der Waals surface area (Å²) in [6.45, 7) is 0. The van der Waals surface area contributed by atoms with Crippen LogP contribution in [0.2, 0.25) is 5.02 Å². The molecule has 1 amide bonds. The zero-order valence-electron chi connectivity index (χ0n) is 16.6. The van der Waals surface area contributed by atoms with Gasteiger partial charge in [0.25, 0.3) is 0 Å². The van der Waals surface area contributed by atoms with E-state index in [0.29, 0.717) is 38.7 Å². The number of nitrogens with one attached hydrogen (secondary N) is 1. The average Bonchev–Trinajstić information content (AvgIpc) is 2.77. The molecular formula is C21H20ClN3O4S. The third kappa shape index (κ3) is 5.34. The van der Waals surface area contributed by atoms with Gasteiger partial charge in [0, 0.05) is 10.6 Å². The number of halogens is 1. The minimum Gasteiger partial charge on any atom is -0.495 e. The third-order valence-electron chi connectivity index (χ3n) is 4.11. The summed E-state index contributed by atoms with van der Waals surface area (Å²) in [7, 11) is 4.70. The molecule has 9 heteroatoms. The minimum absolute atomic E-state index is 0.167. The van der Waals surface area contributed by atoms with Crippen LogP contribution in [0.3, 0.4) is 0 Å². The molecule has 0 atom stereocenters. The van der Waals surface area contributed by atoms with E-state index in [0.717, 1.165) is 5.56 Å². The van der Waals surface area contributed by atoms with E-state index in [1.165, 1.54) is 18.9 Å². The topological polar surface area (TPSA) is 82.6 Å². The first-order chi connectivity index (χ1) is 14.5. The first-order valence-corrected chi connectivity index (χ1v) is 10.2. The van der Waals surface area contributed by atoms with Gasteiger partial charge in [0.2, 0.25) is 5.91 Å². The molecule has 3 aromatic rings. The summed E-state index contributed by atoms with van der Waals surface area (Å²) >= 11 is 7.27. The number of hydrogen-bond acceptors (Lipinski definition) is 7. The first-order valence-electron chi connectivity index (χ1n) is 8.86. The lowest BCUT2D eigenvalue weighted by molar-refractivity contribution is -0.113. The van der Waals surface area contributed by atoms with Gasteiger partial charge >= 0.3 is 0 Å². The Balaban J connectivity index is 1.62. The van der Waals surface area contributed by atoms with Crippen LogP contribution in [0.4, 0.5) is 5.69 Å². The van der Waals surface area contributed by atoms with Gasteiger partial charge in [-0.1, -0.05) is 23.4 Å². The Labute approximate surface area is 183 Å². The van der Waals surface area contributed by atoms with Crippen molar-refractivity contribution in [1.29, 1.82) is 0 Å². The predicted molar refractivity (Wildman–Crippen MR) is 118 cm³/mol. The van der Waals surface area contributed by atoms with Crippen molar-refractivity contribution in [2.75, 3.05) is 32.4 Å². The second-order valence-corrected chi connectivity index (χ2v) is 7.44. The van der Waals surface area contributed by atoms with Gasteiger partial charge in [-0.25, -0.2) is 0 Å². The summed E-state index contributed by atoms with van der Waals surface area (Å²) in [6.07, 6.45) is 0. The summed E-state index contributed by atoms with van der Waals surface area (Å²) < 4.78 is 15.8. The highest BCUT2D eigenvalue weighted by Gasteiger charge is 2.11. The fourth-order valence-corrected chi connectivity index (χ4v) is 3.44. The molecule has 0 fully saturated rings. The van der Waals surface area contributed by atoms with Crippen LogP contribution in [0, 0.1) is 0 Å². The van der Waals surface area contributed by atoms with Crippen molar-refractivity contribution in [2.45, 2.75) is 5.03 Å². The molecule has 0 aliphatic rings. The van der Waals surface area contributed by atoms with Crippen LogP contribution in [0.5, 0.6) is 17.2 Å². The number of anilines is 1. The third-order valence-corrected chi connectivity index (χ3v) is 5.26. The zero-order chi connectivity index (χ0) is 21.5. The number of amides is 1. The summed E-state index contributed by atoms with van der Waals surface area (Å²) in [5.74, 6) is 1.76. The largest absolute Gasteiger partial charge is 0.495 e. The lowest BCUT2D eigenvalue weighted by Gasteiger charge is -2.10. The number of carbonyl (C=O) groups excluding carboxylic acids is 1. The molecule has 2 aromatic carbocycles. The number of methoxy groups -OCH3 is 3. The standard InChI is InChI=1S/C21H20ClN3O4S/c1-27-17-8-5-14(22)11-16(17)23-20(26)12-30-21-9-6-15(24-25-21)13-4-7-18(28-2)19(10-13)29-3/h4-11H,12H2,1-3H3,(H,23,26). The van der Waals surface area contributed by atoms with E-state index in [-0.39, 0.29) is 11.7 Å². The number of nitrogens with zero attached hydrogens (tertiary/aromatic N) is 2. The van der Waals surface area contributed by atoms with Gasteiger partial charge < -0.3 is 19.5 Å². The number of ether oxygens (including phenoxy) is 3. The smallest absolute Gasteiger partial charge is 0.234 e. The maximum absolute atomic E-state index is 12.3. The predicted octanol–water partition coefficient (Wildman–Crippen LogP) is 4.55. The minimum atomic E-state index is -0.202. The molecule has 0 spiro atoms. The van der Waals surface area contributed by atoms with Crippen LogP contribution in [0.1, 0.15) is 0 Å². The summed E-state index contributed by atoms with van der Waals surface area (Å²) in [4.78, 5) is 12.3. The zero-order valence-corrected chi connectivity index (χ0v) is 18.2. The molecular weight excluding hydrogens is 426 g/mol. The van der Waals surface area contributed by atoms with Gasteiger partial charge in [-0.2, -0.15) is 0 Å². The molecule has 0 saturated heterocycles. The highest BCUT2D eigenvalue weighted by Crippen LogP contribution is 2.32. The molecule has 1 aromatic heterocycles. The Kier molecular flexibility index (Phi) is 7.37. The molecule has 3 rings (SSSR count). The van der Waals surface area contributed by atoms with Crippen LogP contribution >= 0.6 is 23.4 Å². The van der Waals surface area contributed by atoms with Gasteiger partial charge in [0.1, 0.15) is 10.8 Å². The molecule has 7 nitrogen and oxygen atoms in total. The molecule has 0 radical (unpaired) electrons. The van der Waals surface area contributed by atoms with E-state index in [2.05, 4.69) is 15.5 Å². The summed E-state index contributed by atoms with van der Waals surface area (Å²) in [6, 6.07) is 14.2. The molecule has 0 unspecified atom stereocenters. The van der Waals surface area contributed by atoms with Crippen LogP contribution in [-0.2, 0) is 4.79 Å². The quantitative estimate of drug-likeness (QED) is 0.509. The van der Waals surface area contributed by atoms with Gasteiger partial charge in [0.15, 0.2) is 11.5 Å². The molecule has 1 N–H and O–H groups in total. The molecule has 0 saturated carbocycles. The monoisotopic (exact) mass is 445 g/mol. The normalized spacial score (nSPS) is 10.4. The van der Waals surface area contributed by atoms with Gasteiger partial charge in [-0.15, -0.1) is 10.2 Å². The Bertz CT molecular complexity index is 1030. The van der Waals surface area contributed by atoms with Crippen molar-refractivity contribution in [3.8, 4) is 28.5 Å². The molecule has 156 valence electrons. The van der Waals surface area contributed by atoms with E-state index in [4.69, 9.17) is 25.8 Å². The lowest BCUT2D eigenvalue weighted by atomic mass is 10.1. The van der Waals surface area contributed by atoms with Crippen molar-refractivity contribution in [3.05, 3.63) is 53.6 Å². The number of aromatic nitrogens is 2. The molecule has 0 aliphatic heterocycles. The number of thioether (sulfide) groups is 1. The summed E-state index contributed by atoms with van der Waals surface area (Å²) in [5.41, 5.74) is 2.06. The maximum Gasteiger partial charge on any atom is 0.234 e. The highest BCUT2D eigenvalue weighted by molar-refractivity contribution is 7.99. The van der Waals surface area contributed by atoms with E-state index in [1.807, 2.05) is 30.3 Å². The first kappa shape index (κ1) is 21.7. The Morgan fingerprint density at radius 1 is 0.933 bits per heavy atom. The Morgan fingerprint density at radius 3 is 2.33 bits per heavy atom. The Morgan fingerprint density at radius 2 is 1.67 bits per heavy atom. The van der Waals surface area contributed by atoms with Crippen molar-refractivity contribution in [2.24, 2.45) is 0 Å². The summed E-state index contributed by atoms with van der Waals surface area (Å²) in [5, 5.41) is 12.4. The SMILES string of the molecule is COc1ccc(Cl)cc1NC(=O)CSc1ccc(-c2ccc(OC)c(OC)c2)nn1. The number of hydrogen-bond donors (Lipinski definition) is 1. The second-order valence-electron chi connectivity index (χ2n) is 6.01. The van der Waals surface area contributed by atoms with E-state index in [1.54, 1.807) is 32.4 Å². The second kappa shape index (κ2) is 10.2. The van der Waals surface area contributed by atoms with Gasteiger partial charge in [0.05, 0.1) is 38.5 Å². The van der Waals surface area contributed by atoms with Crippen LogP contribution < -0.4 is 19.5 Å². The molecule has 1 heterocycles. The molecule has 0 bridgehead atoms. The van der Waals surface area contributed by atoms with Crippen molar-refractivity contribution < 1.29 is 19.0 Å². The van der Waals surface area contributed by atoms with Crippen molar-refractivity contribution >= 4 is 35.0 Å². The molecule has 30 heavy (non-hydrogen) atoms. The number of benzene rings is 2. The highest BCUT2D eigenvalue weighted by atomic mass is 35.5. The van der Waals surface area contributed by atoms with Gasteiger partial charge in [-0.3, -0.25) is 4.79 Å².